The second kappa shape index (κ2) is 6.90. The minimum Gasteiger partial charge on any atom is -0.486 e. The zero-order valence-electron chi connectivity index (χ0n) is 13.8. The van der Waals surface area contributed by atoms with Crippen molar-refractivity contribution in [1.82, 2.24) is 0 Å². The molecule has 5 nitrogen and oxygen atoms in total. The molecule has 2 atom stereocenters. The van der Waals surface area contributed by atoms with E-state index in [0.717, 1.165) is 17.9 Å². The van der Waals surface area contributed by atoms with Gasteiger partial charge < -0.3 is 20.1 Å². The molecule has 0 saturated carbocycles. The third kappa shape index (κ3) is 3.29. The van der Waals surface area contributed by atoms with Gasteiger partial charge in [0.05, 0.1) is 18.3 Å². The van der Waals surface area contributed by atoms with Crippen molar-refractivity contribution in [3.05, 3.63) is 18.2 Å². The van der Waals surface area contributed by atoms with Crippen molar-refractivity contribution < 1.29 is 14.3 Å². The maximum Gasteiger partial charge on any atom is 0.329 e. The molecular formula is C17H26N2O3. The Bertz CT molecular complexity index is 531. The van der Waals surface area contributed by atoms with E-state index in [1.807, 2.05) is 43.9 Å². The molecule has 0 aliphatic carbocycles. The molecule has 2 unspecified atom stereocenters. The van der Waals surface area contributed by atoms with Crippen LogP contribution in [0.25, 0.3) is 0 Å². The van der Waals surface area contributed by atoms with Crippen molar-refractivity contribution in [1.29, 1.82) is 0 Å². The highest BCUT2D eigenvalue weighted by Gasteiger charge is 2.35. The topological polar surface area (TPSA) is 64.8 Å². The number of rotatable bonds is 5. The van der Waals surface area contributed by atoms with Crippen LogP contribution in [-0.4, -0.2) is 30.8 Å². The minimum atomic E-state index is -0.344. The lowest BCUT2D eigenvalue weighted by atomic mass is 10.1. The number of ether oxygens (including phenoxy) is 2. The molecule has 1 aromatic carbocycles. The molecule has 0 bridgehead atoms. The standard InChI is InChI=1S/C17H26N2O3/c1-5-12-10-19(14(6-2)17(20)21-11(3)4)16-13(18)8-7-9-15(16)22-12/h7-9,11-12,14H,5-6,10,18H2,1-4H3. The largest absolute Gasteiger partial charge is 0.486 e. The van der Waals surface area contributed by atoms with Gasteiger partial charge in [0.15, 0.2) is 0 Å². The third-order valence-corrected chi connectivity index (χ3v) is 3.85. The highest BCUT2D eigenvalue weighted by Crippen LogP contribution is 2.40. The van der Waals surface area contributed by atoms with Crippen LogP contribution in [-0.2, 0) is 9.53 Å². The van der Waals surface area contributed by atoms with Crippen molar-refractivity contribution in [3.8, 4) is 5.75 Å². The van der Waals surface area contributed by atoms with Crippen LogP contribution in [0.3, 0.4) is 0 Å². The zero-order chi connectivity index (χ0) is 16.3. The summed E-state index contributed by atoms with van der Waals surface area (Å²) >= 11 is 0. The number of hydrogen-bond acceptors (Lipinski definition) is 5. The Balaban J connectivity index is 2.37. The number of hydrogen-bond donors (Lipinski definition) is 1. The van der Waals surface area contributed by atoms with Crippen LogP contribution in [0.15, 0.2) is 18.2 Å². The number of para-hydroxylation sites is 1. The van der Waals surface area contributed by atoms with Crippen LogP contribution in [0.2, 0.25) is 0 Å². The number of nitrogens with zero attached hydrogens (tertiary/aromatic N) is 1. The summed E-state index contributed by atoms with van der Waals surface area (Å²) in [5.74, 6) is 0.539. The smallest absolute Gasteiger partial charge is 0.329 e. The SMILES string of the molecule is CCC1CN(C(CC)C(=O)OC(C)C)c2c(N)cccc2O1. The summed E-state index contributed by atoms with van der Waals surface area (Å²) in [5, 5.41) is 0. The molecule has 1 heterocycles. The van der Waals surface area contributed by atoms with Crippen LogP contribution in [0.1, 0.15) is 40.5 Å². The van der Waals surface area contributed by atoms with E-state index in [1.165, 1.54) is 0 Å². The molecule has 22 heavy (non-hydrogen) atoms. The van der Waals surface area contributed by atoms with Crippen molar-refractivity contribution in [3.63, 3.8) is 0 Å². The van der Waals surface area contributed by atoms with Crippen molar-refractivity contribution in [2.24, 2.45) is 0 Å². The lowest BCUT2D eigenvalue weighted by molar-refractivity contribution is -0.149. The van der Waals surface area contributed by atoms with Crippen molar-refractivity contribution in [2.45, 2.75) is 58.8 Å². The second-order valence-corrected chi connectivity index (χ2v) is 5.90. The molecule has 0 amide bonds. The lowest BCUT2D eigenvalue weighted by Crippen LogP contribution is -2.50. The van der Waals surface area contributed by atoms with E-state index >= 15 is 0 Å². The normalized spacial score (nSPS) is 18.6. The van der Waals surface area contributed by atoms with Gasteiger partial charge in [0.2, 0.25) is 0 Å². The predicted octanol–water partition coefficient (Wildman–Crippen LogP) is 2.98. The second-order valence-electron chi connectivity index (χ2n) is 5.90. The molecule has 0 aromatic heterocycles. The van der Waals surface area contributed by atoms with E-state index in [0.29, 0.717) is 18.7 Å². The van der Waals surface area contributed by atoms with E-state index in [2.05, 4.69) is 6.92 Å². The Morgan fingerprint density at radius 1 is 1.45 bits per heavy atom. The van der Waals surface area contributed by atoms with Gasteiger partial charge in [-0.25, -0.2) is 4.79 Å². The summed E-state index contributed by atoms with van der Waals surface area (Å²) in [5.41, 5.74) is 7.57. The first-order valence-electron chi connectivity index (χ1n) is 8.00. The predicted molar refractivity (Wildman–Crippen MR) is 88.2 cm³/mol. The molecule has 1 aromatic rings. The molecule has 5 heteroatoms. The summed E-state index contributed by atoms with van der Waals surface area (Å²) in [7, 11) is 0. The number of carbonyl (C=O) groups excluding carboxylic acids is 1. The van der Waals surface area contributed by atoms with Gasteiger partial charge in [0.1, 0.15) is 23.6 Å². The highest BCUT2D eigenvalue weighted by atomic mass is 16.5. The summed E-state index contributed by atoms with van der Waals surface area (Å²) in [6.07, 6.45) is 1.46. The van der Waals surface area contributed by atoms with Gasteiger partial charge in [0, 0.05) is 0 Å². The number of benzene rings is 1. The van der Waals surface area contributed by atoms with Gasteiger partial charge >= 0.3 is 5.97 Å². The van der Waals surface area contributed by atoms with Crippen LogP contribution >= 0.6 is 0 Å². The first kappa shape index (κ1) is 16.5. The van der Waals surface area contributed by atoms with Crippen molar-refractivity contribution in [2.75, 3.05) is 17.2 Å². The first-order chi connectivity index (χ1) is 10.5. The first-order valence-corrected chi connectivity index (χ1v) is 8.00. The van der Waals surface area contributed by atoms with E-state index in [1.54, 1.807) is 0 Å². The summed E-state index contributed by atoms with van der Waals surface area (Å²) in [6.45, 7) is 8.43. The fourth-order valence-electron chi connectivity index (χ4n) is 2.79. The quantitative estimate of drug-likeness (QED) is 0.669. The third-order valence-electron chi connectivity index (χ3n) is 3.85. The molecular weight excluding hydrogens is 280 g/mol. The fraction of sp³-hybridized carbons (Fsp3) is 0.588. The minimum absolute atomic E-state index is 0.0511. The maximum absolute atomic E-state index is 12.5. The molecule has 2 rings (SSSR count). The summed E-state index contributed by atoms with van der Waals surface area (Å²) in [6, 6.07) is 5.27. The Morgan fingerprint density at radius 3 is 2.77 bits per heavy atom. The molecule has 122 valence electrons. The number of fused-ring (bicyclic) bond motifs is 1. The lowest BCUT2D eigenvalue weighted by Gasteiger charge is -2.40. The number of nitrogen functional groups attached to an aromatic ring is 1. The maximum atomic E-state index is 12.5. The molecule has 1 aliphatic heterocycles. The molecule has 0 radical (unpaired) electrons. The molecule has 2 N–H and O–H groups in total. The zero-order valence-corrected chi connectivity index (χ0v) is 13.8. The summed E-state index contributed by atoms with van der Waals surface area (Å²) < 4.78 is 11.4. The molecule has 0 fully saturated rings. The molecule has 1 aliphatic rings. The number of anilines is 2. The van der Waals surface area contributed by atoms with E-state index in [-0.39, 0.29) is 24.2 Å². The fourth-order valence-corrected chi connectivity index (χ4v) is 2.79. The molecule has 0 saturated heterocycles. The number of carbonyl (C=O) groups is 1. The Kier molecular flexibility index (Phi) is 5.16. The van der Waals surface area contributed by atoms with Crippen LogP contribution in [0.4, 0.5) is 11.4 Å². The Hall–Kier alpha value is -1.91. The highest BCUT2D eigenvalue weighted by molar-refractivity contribution is 5.85. The Labute approximate surface area is 132 Å². The van der Waals surface area contributed by atoms with Crippen LogP contribution in [0, 0.1) is 0 Å². The average Bonchev–Trinajstić information content (AvgIpc) is 2.46. The van der Waals surface area contributed by atoms with Gasteiger partial charge in [0.25, 0.3) is 0 Å². The van der Waals surface area contributed by atoms with E-state index < -0.39 is 0 Å². The number of esters is 1. The monoisotopic (exact) mass is 306 g/mol. The van der Waals surface area contributed by atoms with E-state index in [9.17, 15) is 4.79 Å². The van der Waals surface area contributed by atoms with Crippen LogP contribution in [0.5, 0.6) is 5.75 Å². The Morgan fingerprint density at radius 2 is 2.18 bits per heavy atom. The summed E-state index contributed by atoms with van der Waals surface area (Å²) in [4.78, 5) is 14.5. The average molecular weight is 306 g/mol. The van der Waals surface area contributed by atoms with Crippen LogP contribution < -0.4 is 15.4 Å². The van der Waals surface area contributed by atoms with Gasteiger partial charge in [-0.15, -0.1) is 0 Å². The van der Waals surface area contributed by atoms with Gasteiger partial charge in [-0.1, -0.05) is 19.9 Å². The number of nitrogens with two attached hydrogens (primary N) is 1. The molecule has 0 spiro atoms. The van der Waals surface area contributed by atoms with Gasteiger partial charge in [-0.2, -0.15) is 0 Å². The van der Waals surface area contributed by atoms with Gasteiger partial charge in [-0.3, -0.25) is 0 Å². The van der Waals surface area contributed by atoms with Crippen molar-refractivity contribution >= 4 is 17.3 Å². The van der Waals surface area contributed by atoms with Gasteiger partial charge in [-0.05, 0) is 38.8 Å². The van der Waals surface area contributed by atoms with E-state index in [4.69, 9.17) is 15.2 Å².